The van der Waals surface area contributed by atoms with Crippen molar-refractivity contribution in [2.45, 2.75) is 33.2 Å². The molecule has 0 saturated carbocycles. The molecule has 1 aromatic rings. The summed E-state index contributed by atoms with van der Waals surface area (Å²) in [5, 5.41) is 0. The molecule has 1 aromatic heterocycles. The number of hydrogen-bond acceptors (Lipinski definition) is 2. The number of aryl methyl sites for hydroxylation is 1. The van der Waals surface area contributed by atoms with Gasteiger partial charge >= 0.3 is 0 Å². The first-order valence-electron chi connectivity index (χ1n) is 4.78. The van der Waals surface area contributed by atoms with Gasteiger partial charge in [-0.2, -0.15) is 0 Å². The zero-order valence-electron chi connectivity index (χ0n) is 8.62. The predicted octanol–water partition coefficient (Wildman–Crippen LogP) is 2.44. The molecule has 0 aliphatic heterocycles. The number of hydrogen-bond donors (Lipinski definition) is 1. The van der Waals surface area contributed by atoms with Crippen LogP contribution in [-0.2, 0) is 0 Å². The summed E-state index contributed by atoms with van der Waals surface area (Å²) in [5.41, 5.74) is 8.05. The quantitative estimate of drug-likeness (QED) is 0.772. The molecule has 0 aliphatic rings. The van der Waals surface area contributed by atoms with Gasteiger partial charge in [0.25, 0.3) is 0 Å². The van der Waals surface area contributed by atoms with Crippen molar-refractivity contribution in [3.05, 3.63) is 29.6 Å². The van der Waals surface area contributed by atoms with Gasteiger partial charge in [-0.1, -0.05) is 19.9 Å². The molecule has 0 unspecified atom stereocenters. The third-order valence-electron chi connectivity index (χ3n) is 2.02. The molecule has 0 amide bonds. The third kappa shape index (κ3) is 3.15. The van der Waals surface area contributed by atoms with Crippen LogP contribution in [-0.4, -0.2) is 4.98 Å². The SMILES string of the molecule is Cc1cccc([C@H](N)CC(C)C)n1. The Labute approximate surface area is 80.2 Å². The van der Waals surface area contributed by atoms with E-state index in [1.54, 1.807) is 0 Å². The Bertz CT molecular complexity index is 269. The van der Waals surface area contributed by atoms with Crippen LogP contribution in [0.25, 0.3) is 0 Å². The fraction of sp³-hybridized carbons (Fsp3) is 0.545. The Kier molecular flexibility index (Phi) is 3.43. The van der Waals surface area contributed by atoms with E-state index in [0.29, 0.717) is 5.92 Å². The monoisotopic (exact) mass is 178 g/mol. The zero-order valence-corrected chi connectivity index (χ0v) is 8.62. The van der Waals surface area contributed by atoms with Gasteiger partial charge in [0.1, 0.15) is 0 Å². The lowest BCUT2D eigenvalue weighted by atomic mass is 10.0. The summed E-state index contributed by atoms with van der Waals surface area (Å²) in [6.45, 7) is 6.34. The largest absolute Gasteiger partial charge is 0.323 e. The van der Waals surface area contributed by atoms with Crippen LogP contribution in [0.2, 0.25) is 0 Å². The molecule has 1 atom stereocenters. The van der Waals surface area contributed by atoms with Crippen LogP contribution < -0.4 is 5.73 Å². The Hall–Kier alpha value is -0.890. The van der Waals surface area contributed by atoms with Gasteiger partial charge in [0, 0.05) is 11.7 Å². The Morgan fingerprint density at radius 2 is 2.08 bits per heavy atom. The van der Waals surface area contributed by atoms with E-state index < -0.39 is 0 Å². The molecule has 0 aliphatic carbocycles. The summed E-state index contributed by atoms with van der Waals surface area (Å²) in [4.78, 5) is 4.40. The number of nitrogens with zero attached hydrogens (tertiary/aromatic N) is 1. The molecule has 2 heteroatoms. The zero-order chi connectivity index (χ0) is 9.84. The van der Waals surface area contributed by atoms with Gasteiger partial charge in [-0.15, -0.1) is 0 Å². The molecule has 0 aromatic carbocycles. The molecule has 1 heterocycles. The molecule has 72 valence electrons. The van der Waals surface area contributed by atoms with E-state index in [-0.39, 0.29) is 6.04 Å². The molecule has 1 rings (SSSR count). The molecule has 2 N–H and O–H groups in total. The van der Waals surface area contributed by atoms with Crippen LogP contribution in [0, 0.1) is 12.8 Å². The lowest BCUT2D eigenvalue weighted by Gasteiger charge is -2.13. The highest BCUT2D eigenvalue weighted by Crippen LogP contribution is 2.16. The van der Waals surface area contributed by atoms with Crippen molar-refractivity contribution in [2.24, 2.45) is 11.7 Å². The average Bonchev–Trinajstić information content (AvgIpc) is 2.03. The lowest BCUT2D eigenvalue weighted by molar-refractivity contribution is 0.501. The van der Waals surface area contributed by atoms with E-state index in [9.17, 15) is 0 Å². The topological polar surface area (TPSA) is 38.9 Å². The van der Waals surface area contributed by atoms with Crippen LogP contribution >= 0.6 is 0 Å². The Balaban J connectivity index is 2.71. The van der Waals surface area contributed by atoms with Crippen LogP contribution in [0.1, 0.15) is 37.7 Å². The van der Waals surface area contributed by atoms with Gasteiger partial charge in [0.15, 0.2) is 0 Å². The maximum absolute atomic E-state index is 6.00. The van der Waals surface area contributed by atoms with E-state index in [1.165, 1.54) is 0 Å². The van der Waals surface area contributed by atoms with Crippen LogP contribution in [0.4, 0.5) is 0 Å². The molecule has 2 nitrogen and oxygen atoms in total. The van der Waals surface area contributed by atoms with Crippen molar-refractivity contribution < 1.29 is 0 Å². The second-order valence-corrected chi connectivity index (χ2v) is 3.94. The summed E-state index contributed by atoms with van der Waals surface area (Å²) in [7, 11) is 0. The highest BCUT2D eigenvalue weighted by molar-refractivity contribution is 5.12. The standard InChI is InChI=1S/C11H18N2/c1-8(2)7-10(12)11-6-4-5-9(3)13-11/h4-6,8,10H,7,12H2,1-3H3/t10-/m1/s1. The van der Waals surface area contributed by atoms with Crippen molar-refractivity contribution in [3.8, 4) is 0 Å². The van der Waals surface area contributed by atoms with E-state index in [4.69, 9.17) is 5.73 Å². The van der Waals surface area contributed by atoms with Crippen molar-refractivity contribution in [2.75, 3.05) is 0 Å². The van der Waals surface area contributed by atoms with Crippen LogP contribution in [0.3, 0.4) is 0 Å². The van der Waals surface area contributed by atoms with Crippen molar-refractivity contribution in [1.82, 2.24) is 4.98 Å². The molecule has 13 heavy (non-hydrogen) atoms. The molecule has 0 saturated heterocycles. The summed E-state index contributed by atoms with van der Waals surface area (Å²) in [6.07, 6.45) is 0.996. The minimum absolute atomic E-state index is 0.0832. The van der Waals surface area contributed by atoms with Crippen LogP contribution in [0.15, 0.2) is 18.2 Å². The van der Waals surface area contributed by atoms with Gasteiger partial charge in [0.2, 0.25) is 0 Å². The predicted molar refractivity (Wildman–Crippen MR) is 55.4 cm³/mol. The van der Waals surface area contributed by atoms with E-state index in [0.717, 1.165) is 17.8 Å². The highest BCUT2D eigenvalue weighted by Gasteiger charge is 2.08. The van der Waals surface area contributed by atoms with Crippen molar-refractivity contribution >= 4 is 0 Å². The fourth-order valence-corrected chi connectivity index (χ4v) is 1.40. The molecule has 0 bridgehead atoms. The van der Waals surface area contributed by atoms with Gasteiger partial charge in [-0.05, 0) is 31.4 Å². The third-order valence-corrected chi connectivity index (χ3v) is 2.02. The van der Waals surface area contributed by atoms with Crippen molar-refractivity contribution in [1.29, 1.82) is 0 Å². The first kappa shape index (κ1) is 10.2. The molecule has 0 radical (unpaired) electrons. The molecular weight excluding hydrogens is 160 g/mol. The average molecular weight is 178 g/mol. The number of pyridine rings is 1. The lowest BCUT2D eigenvalue weighted by Crippen LogP contribution is -2.14. The van der Waals surface area contributed by atoms with E-state index >= 15 is 0 Å². The van der Waals surface area contributed by atoms with Gasteiger partial charge in [-0.25, -0.2) is 0 Å². The Morgan fingerprint density at radius 3 is 2.62 bits per heavy atom. The van der Waals surface area contributed by atoms with Gasteiger partial charge < -0.3 is 5.73 Å². The molecular formula is C11H18N2. The van der Waals surface area contributed by atoms with Gasteiger partial charge in [-0.3, -0.25) is 4.98 Å². The summed E-state index contributed by atoms with van der Waals surface area (Å²) >= 11 is 0. The Morgan fingerprint density at radius 1 is 1.38 bits per heavy atom. The first-order valence-corrected chi connectivity index (χ1v) is 4.78. The first-order chi connectivity index (χ1) is 6.09. The summed E-state index contributed by atoms with van der Waals surface area (Å²) < 4.78 is 0. The maximum atomic E-state index is 6.00. The summed E-state index contributed by atoms with van der Waals surface area (Å²) in [6, 6.07) is 6.09. The second-order valence-electron chi connectivity index (χ2n) is 3.94. The van der Waals surface area contributed by atoms with Gasteiger partial charge in [0.05, 0.1) is 5.69 Å². The minimum atomic E-state index is 0.0832. The van der Waals surface area contributed by atoms with Crippen LogP contribution in [0.5, 0.6) is 0 Å². The molecule has 0 spiro atoms. The second kappa shape index (κ2) is 4.38. The fourth-order valence-electron chi connectivity index (χ4n) is 1.40. The number of aromatic nitrogens is 1. The minimum Gasteiger partial charge on any atom is -0.323 e. The maximum Gasteiger partial charge on any atom is 0.0574 e. The normalized spacial score (nSPS) is 13.3. The highest BCUT2D eigenvalue weighted by atomic mass is 14.8. The summed E-state index contributed by atoms with van der Waals surface area (Å²) in [5.74, 6) is 0.623. The molecule has 0 fully saturated rings. The van der Waals surface area contributed by atoms with E-state index in [1.807, 2.05) is 25.1 Å². The smallest absolute Gasteiger partial charge is 0.0574 e. The van der Waals surface area contributed by atoms with Crippen molar-refractivity contribution in [3.63, 3.8) is 0 Å². The van der Waals surface area contributed by atoms with E-state index in [2.05, 4.69) is 18.8 Å². The number of rotatable bonds is 3. The number of nitrogens with two attached hydrogens (primary N) is 1.